The summed E-state index contributed by atoms with van der Waals surface area (Å²) in [6.45, 7) is 3.35. The lowest BCUT2D eigenvalue weighted by molar-refractivity contribution is -0.154. The van der Waals surface area contributed by atoms with Crippen LogP contribution in [0.5, 0.6) is 23.0 Å². The summed E-state index contributed by atoms with van der Waals surface area (Å²) in [5.74, 6) is 1.74. The Balaban J connectivity index is 1.43. The fourth-order valence-corrected chi connectivity index (χ4v) is 4.74. The van der Waals surface area contributed by atoms with Crippen molar-refractivity contribution in [3.8, 4) is 23.0 Å². The van der Waals surface area contributed by atoms with Crippen LogP contribution in [0.4, 0.5) is 0 Å². The van der Waals surface area contributed by atoms with Gasteiger partial charge >= 0.3 is 0 Å². The lowest BCUT2D eigenvalue weighted by Gasteiger charge is -2.35. The van der Waals surface area contributed by atoms with E-state index in [0.29, 0.717) is 49.4 Å². The molecule has 9 nitrogen and oxygen atoms in total. The van der Waals surface area contributed by atoms with E-state index in [2.05, 4.69) is 5.48 Å². The lowest BCUT2D eigenvalue weighted by atomic mass is 9.91. The highest BCUT2D eigenvalue weighted by atomic mass is 16.7. The first kappa shape index (κ1) is 30.9. The van der Waals surface area contributed by atoms with Gasteiger partial charge in [0.25, 0.3) is 5.91 Å². The van der Waals surface area contributed by atoms with E-state index in [-0.39, 0.29) is 26.4 Å². The normalized spacial score (nSPS) is 15.2. The Bertz CT molecular complexity index is 1420. The zero-order chi connectivity index (χ0) is 30.5. The molecule has 0 radical (unpaired) electrons. The monoisotopic (exact) mass is 599 g/mol. The summed E-state index contributed by atoms with van der Waals surface area (Å²) in [4.78, 5) is 18.4. The molecule has 0 bridgehead atoms. The number of rotatable bonds is 7. The molecule has 0 spiro atoms. The molecule has 1 heterocycles. The molecule has 0 aliphatic carbocycles. The molecule has 1 aliphatic rings. The molecule has 0 atom stereocenters. The first-order chi connectivity index (χ1) is 21.6. The van der Waals surface area contributed by atoms with E-state index in [1.165, 1.54) is 0 Å². The Morgan fingerprint density at radius 1 is 0.682 bits per heavy atom. The first-order valence-electron chi connectivity index (χ1n) is 14.5. The predicted octanol–water partition coefficient (Wildman–Crippen LogP) is 5.40. The average molecular weight is 600 g/mol. The number of amides is 1. The largest absolute Gasteiger partial charge is 0.487 e. The Hall–Kier alpha value is -4.57. The van der Waals surface area contributed by atoms with Crippen LogP contribution >= 0.6 is 0 Å². The molecule has 0 fully saturated rings. The molecule has 5 rings (SSSR count). The van der Waals surface area contributed by atoms with Crippen LogP contribution in [-0.4, -0.2) is 52.2 Å². The second kappa shape index (κ2) is 15.8. The third-order valence-electron chi connectivity index (χ3n) is 6.97. The Kier molecular flexibility index (Phi) is 11.1. The number of nitrogens with one attached hydrogen (secondary N) is 1. The molecule has 0 saturated heterocycles. The average Bonchev–Trinajstić information content (AvgIpc) is 3.05. The number of aryl methyl sites for hydroxylation is 1. The van der Waals surface area contributed by atoms with Gasteiger partial charge in [-0.1, -0.05) is 78.9 Å². The molecule has 0 unspecified atom stereocenters. The summed E-state index contributed by atoms with van der Waals surface area (Å²) in [5.41, 5.74) is 3.95. The van der Waals surface area contributed by atoms with Crippen molar-refractivity contribution in [2.45, 2.75) is 19.1 Å². The van der Waals surface area contributed by atoms with Crippen molar-refractivity contribution in [2.75, 3.05) is 46.2 Å². The van der Waals surface area contributed by atoms with Gasteiger partial charge < -0.3 is 28.4 Å². The Morgan fingerprint density at radius 3 is 1.80 bits per heavy atom. The van der Waals surface area contributed by atoms with Crippen LogP contribution in [0.3, 0.4) is 0 Å². The summed E-state index contributed by atoms with van der Waals surface area (Å²) >= 11 is 0. The van der Waals surface area contributed by atoms with Crippen molar-refractivity contribution in [1.29, 1.82) is 0 Å². The van der Waals surface area contributed by atoms with Crippen LogP contribution in [0, 0.1) is 6.92 Å². The summed E-state index contributed by atoms with van der Waals surface area (Å²) in [7, 11) is 0. The first-order valence-corrected chi connectivity index (χ1v) is 14.5. The van der Waals surface area contributed by atoms with Crippen LogP contribution in [0.1, 0.15) is 16.7 Å². The fourth-order valence-electron chi connectivity index (χ4n) is 4.74. The molecule has 4 aromatic rings. The van der Waals surface area contributed by atoms with Crippen LogP contribution in [0.15, 0.2) is 103 Å². The molecule has 0 aromatic heterocycles. The van der Waals surface area contributed by atoms with Crippen molar-refractivity contribution < 1.29 is 38.1 Å². The molecule has 1 aliphatic heterocycles. The number of carbonyl (C=O) groups excluding carboxylic acids is 1. The minimum atomic E-state index is -1.22. The number of fused-ring (bicyclic) bond motifs is 2. The number of hydrogen-bond acceptors (Lipinski definition) is 8. The highest BCUT2D eigenvalue weighted by Crippen LogP contribution is 2.35. The quantitative estimate of drug-likeness (QED) is 0.282. The zero-order valence-corrected chi connectivity index (χ0v) is 24.7. The molecule has 0 saturated carbocycles. The second-order valence-electron chi connectivity index (χ2n) is 10.2. The minimum absolute atomic E-state index is 0.00982. The number of ether oxygens (including phenoxy) is 6. The zero-order valence-electron chi connectivity index (χ0n) is 24.7. The molecule has 44 heavy (non-hydrogen) atoms. The number of benzene rings is 4. The van der Waals surface area contributed by atoms with Crippen LogP contribution < -0.4 is 24.4 Å². The second-order valence-corrected chi connectivity index (χ2v) is 10.2. The van der Waals surface area contributed by atoms with Crippen LogP contribution in [-0.2, 0) is 31.3 Å². The van der Waals surface area contributed by atoms with Gasteiger partial charge in [0.2, 0.25) is 0 Å². The molecule has 1 amide bonds. The van der Waals surface area contributed by atoms with E-state index < -0.39 is 11.5 Å². The van der Waals surface area contributed by atoms with Crippen molar-refractivity contribution in [2.24, 2.45) is 0 Å². The van der Waals surface area contributed by atoms with Crippen molar-refractivity contribution in [3.63, 3.8) is 0 Å². The van der Waals surface area contributed by atoms with Gasteiger partial charge in [0.05, 0.1) is 19.8 Å². The van der Waals surface area contributed by atoms with E-state index >= 15 is 0 Å². The maximum Gasteiger partial charge on any atom is 0.269 e. The highest BCUT2D eigenvalue weighted by Gasteiger charge is 2.38. The maximum absolute atomic E-state index is 13.0. The third-order valence-corrected chi connectivity index (χ3v) is 6.97. The number of hydroxylamine groups is 1. The molecule has 4 aromatic carbocycles. The van der Waals surface area contributed by atoms with Gasteiger partial charge in [0.15, 0.2) is 28.6 Å². The van der Waals surface area contributed by atoms with Gasteiger partial charge in [0.1, 0.15) is 33.0 Å². The molecular weight excluding hydrogens is 562 g/mol. The summed E-state index contributed by atoms with van der Waals surface area (Å²) < 4.78 is 36.9. The summed E-state index contributed by atoms with van der Waals surface area (Å²) in [6.07, 6.45) is 0. The van der Waals surface area contributed by atoms with E-state index in [1.54, 1.807) is 0 Å². The fraction of sp³-hybridized carbons (Fsp3) is 0.286. The van der Waals surface area contributed by atoms with E-state index in [0.717, 1.165) is 16.7 Å². The van der Waals surface area contributed by atoms with E-state index in [4.69, 9.17) is 33.3 Å². The lowest BCUT2D eigenvalue weighted by Crippen LogP contribution is -2.45. The van der Waals surface area contributed by atoms with E-state index in [1.807, 2.05) is 110 Å². The SMILES string of the molecule is Cc1ccccc1C1(OCC(=O)NOCc2ccccc2)COc2ccccc2OCCOCCOc2ccccc2OC1. The Labute approximate surface area is 257 Å². The molecule has 9 heteroatoms. The van der Waals surface area contributed by atoms with E-state index in [9.17, 15) is 4.79 Å². The Morgan fingerprint density at radius 2 is 1.20 bits per heavy atom. The number of hydrogen-bond donors (Lipinski definition) is 1. The number of para-hydroxylation sites is 4. The van der Waals surface area contributed by atoms with Crippen LogP contribution in [0.2, 0.25) is 0 Å². The molecular formula is C35H37NO8. The smallest absolute Gasteiger partial charge is 0.269 e. The summed E-state index contributed by atoms with van der Waals surface area (Å²) in [6, 6.07) is 32.2. The van der Waals surface area contributed by atoms with Gasteiger partial charge in [-0.3, -0.25) is 9.63 Å². The predicted molar refractivity (Wildman–Crippen MR) is 164 cm³/mol. The third kappa shape index (κ3) is 8.50. The molecule has 230 valence electrons. The van der Waals surface area contributed by atoms with Gasteiger partial charge in [-0.05, 0) is 47.9 Å². The van der Waals surface area contributed by atoms with Crippen molar-refractivity contribution >= 4 is 5.91 Å². The van der Waals surface area contributed by atoms with Gasteiger partial charge in [0, 0.05) is 0 Å². The number of carbonyl (C=O) groups is 1. The maximum atomic E-state index is 13.0. The van der Waals surface area contributed by atoms with Gasteiger partial charge in [-0.25, -0.2) is 5.48 Å². The van der Waals surface area contributed by atoms with Crippen molar-refractivity contribution in [3.05, 3.63) is 120 Å². The van der Waals surface area contributed by atoms with Gasteiger partial charge in [-0.2, -0.15) is 0 Å². The minimum Gasteiger partial charge on any atom is -0.487 e. The molecule has 1 N–H and O–H groups in total. The highest BCUT2D eigenvalue weighted by molar-refractivity contribution is 5.76. The standard InChI is InChI=1S/C35H37NO8/c1-27-11-5-6-14-29(27)35(43-24-34(37)36-44-23-28-12-3-2-4-13-28)25-41-32-17-9-7-15-30(32)39-21-19-38-20-22-40-31-16-8-10-18-33(31)42-26-35/h2-18H,19-26H2,1H3,(H,36,37). The van der Waals surface area contributed by atoms with Crippen molar-refractivity contribution in [1.82, 2.24) is 5.48 Å². The topological polar surface area (TPSA) is 93.7 Å². The van der Waals surface area contributed by atoms with Crippen LogP contribution in [0.25, 0.3) is 0 Å². The summed E-state index contributed by atoms with van der Waals surface area (Å²) in [5, 5.41) is 0. The van der Waals surface area contributed by atoms with Gasteiger partial charge in [-0.15, -0.1) is 0 Å².